The van der Waals surface area contributed by atoms with Crippen molar-refractivity contribution < 1.29 is 19.4 Å². The van der Waals surface area contributed by atoms with E-state index in [2.05, 4.69) is 23.5 Å². The first-order chi connectivity index (χ1) is 11.4. The molecule has 2 aliphatic rings. The van der Waals surface area contributed by atoms with Gasteiger partial charge in [0.15, 0.2) is 0 Å². The minimum absolute atomic E-state index is 0.0455. The fourth-order valence-corrected chi connectivity index (χ4v) is 4.34. The maximum absolute atomic E-state index is 12.8. The van der Waals surface area contributed by atoms with E-state index in [4.69, 9.17) is 9.84 Å². The molecule has 1 saturated carbocycles. The normalized spacial score (nSPS) is 27.2. The number of hydrogen-bond acceptors (Lipinski definition) is 3. The molecule has 0 aliphatic heterocycles. The topological polar surface area (TPSA) is 75.6 Å². The molecule has 0 aromatic heterocycles. The Labute approximate surface area is 142 Å². The lowest BCUT2D eigenvalue weighted by Crippen LogP contribution is -2.51. The Balaban J connectivity index is 1.75. The molecule has 130 valence electrons. The molecule has 1 fully saturated rings. The number of carbonyl (C=O) groups excluding carboxylic acids is 1. The largest absolute Gasteiger partial charge is 0.481 e. The van der Waals surface area contributed by atoms with E-state index in [0.29, 0.717) is 0 Å². The number of fused-ring (bicyclic) bond motifs is 2. The summed E-state index contributed by atoms with van der Waals surface area (Å²) in [4.78, 5) is 23.9. The van der Waals surface area contributed by atoms with Crippen molar-refractivity contribution in [2.24, 2.45) is 5.92 Å². The Kier molecular flexibility index (Phi) is 4.38. The van der Waals surface area contributed by atoms with E-state index in [9.17, 15) is 9.59 Å². The molecule has 24 heavy (non-hydrogen) atoms. The van der Waals surface area contributed by atoms with Gasteiger partial charge in [0.2, 0.25) is 5.91 Å². The van der Waals surface area contributed by atoms with E-state index in [1.54, 1.807) is 6.92 Å². The molecule has 1 aromatic rings. The molecule has 3 unspecified atom stereocenters. The number of nitrogens with one attached hydrogen (secondary N) is 1. The number of amides is 1. The molecule has 0 saturated heterocycles. The smallest absolute Gasteiger partial charge is 0.305 e. The van der Waals surface area contributed by atoms with Gasteiger partial charge in [0.1, 0.15) is 0 Å². The summed E-state index contributed by atoms with van der Waals surface area (Å²) in [5.41, 5.74) is 1.73. The summed E-state index contributed by atoms with van der Waals surface area (Å²) in [5, 5.41) is 12.1. The molecule has 0 bridgehead atoms. The van der Waals surface area contributed by atoms with Crippen molar-refractivity contribution in [1.29, 1.82) is 0 Å². The number of methoxy groups -OCH3 is 1. The van der Waals surface area contributed by atoms with Crippen molar-refractivity contribution in [3.8, 4) is 0 Å². The molecule has 2 N–H and O–H groups in total. The molecular formula is C19H25NO4. The summed E-state index contributed by atoms with van der Waals surface area (Å²) in [5.74, 6) is -1.06. The number of rotatable bonds is 6. The van der Waals surface area contributed by atoms with Crippen LogP contribution < -0.4 is 5.32 Å². The summed E-state index contributed by atoms with van der Waals surface area (Å²) in [6.45, 7) is 1.91. The number of carboxylic acids is 1. The van der Waals surface area contributed by atoms with Crippen LogP contribution in [0.2, 0.25) is 0 Å². The van der Waals surface area contributed by atoms with Crippen molar-refractivity contribution in [2.75, 3.05) is 13.7 Å². The van der Waals surface area contributed by atoms with E-state index in [1.165, 1.54) is 18.2 Å². The maximum atomic E-state index is 12.8. The third-order valence-electron chi connectivity index (χ3n) is 5.44. The molecule has 1 spiro atoms. The van der Waals surface area contributed by atoms with Crippen LogP contribution in [0, 0.1) is 5.92 Å². The molecule has 0 heterocycles. The van der Waals surface area contributed by atoms with Crippen LogP contribution in [0.3, 0.4) is 0 Å². The highest BCUT2D eigenvalue weighted by atomic mass is 16.5. The predicted molar refractivity (Wildman–Crippen MR) is 89.8 cm³/mol. The second kappa shape index (κ2) is 6.20. The average molecular weight is 331 g/mol. The van der Waals surface area contributed by atoms with Gasteiger partial charge in [0.25, 0.3) is 0 Å². The summed E-state index contributed by atoms with van der Waals surface area (Å²) >= 11 is 0. The van der Waals surface area contributed by atoms with Crippen LogP contribution >= 0.6 is 0 Å². The first-order valence-electron chi connectivity index (χ1n) is 8.51. The third kappa shape index (κ3) is 3.05. The van der Waals surface area contributed by atoms with Crippen LogP contribution in [0.25, 0.3) is 0 Å². The number of carboxylic acid groups (broad SMARTS) is 1. The van der Waals surface area contributed by atoms with Gasteiger partial charge in [-0.1, -0.05) is 24.3 Å². The minimum Gasteiger partial charge on any atom is -0.481 e. The molecule has 2 aliphatic carbocycles. The number of ether oxygens (including phenoxy) is 1. The maximum Gasteiger partial charge on any atom is 0.305 e. The molecule has 3 rings (SSSR count). The summed E-state index contributed by atoms with van der Waals surface area (Å²) in [7, 11) is 1.52. The Bertz CT molecular complexity index is 659. The van der Waals surface area contributed by atoms with Gasteiger partial charge in [-0.2, -0.15) is 0 Å². The van der Waals surface area contributed by atoms with Gasteiger partial charge in [0, 0.05) is 18.4 Å². The standard InChI is InChI=1S/C19H25NO4/c1-18(12-24-2,11-16(21)22)20-17(23)15-10-19(15)9-5-7-13-6-3-4-8-14(13)19/h3-4,6,8,15H,5,7,9-12H2,1-2H3,(H,20,23)(H,21,22). The molecule has 0 radical (unpaired) electrons. The molecular weight excluding hydrogens is 306 g/mol. The lowest BCUT2D eigenvalue weighted by molar-refractivity contribution is -0.139. The molecule has 5 nitrogen and oxygen atoms in total. The third-order valence-corrected chi connectivity index (χ3v) is 5.44. The second-order valence-electron chi connectivity index (χ2n) is 7.48. The van der Waals surface area contributed by atoms with Gasteiger partial charge >= 0.3 is 5.97 Å². The highest BCUT2D eigenvalue weighted by molar-refractivity contribution is 5.86. The van der Waals surface area contributed by atoms with Gasteiger partial charge in [-0.25, -0.2) is 0 Å². The van der Waals surface area contributed by atoms with Gasteiger partial charge in [-0.15, -0.1) is 0 Å². The zero-order valence-electron chi connectivity index (χ0n) is 14.3. The fourth-order valence-electron chi connectivity index (χ4n) is 4.34. The van der Waals surface area contributed by atoms with Crippen LogP contribution in [0.15, 0.2) is 24.3 Å². The van der Waals surface area contributed by atoms with Crippen LogP contribution in [0.5, 0.6) is 0 Å². The van der Waals surface area contributed by atoms with E-state index in [0.717, 1.165) is 25.7 Å². The number of hydrogen-bond donors (Lipinski definition) is 2. The van der Waals surface area contributed by atoms with Gasteiger partial charge in [-0.3, -0.25) is 9.59 Å². The van der Waals surface area contributed by atoms with Crippen molar-refractivity contribution in [3.63, 3.8) is 0 Å². The monoisotopic (exact) mass is 331 g/mol. The Morgan fingerprint density at radius 2 is 2.17 bits per heavy atom. The molecule has 1 aromatic carbocycles. The van der Waals surface area contributed by atoms with Gasteiger partial charge in [-0.05, 0) is 43.7 Å². The van der Waals surface area contributed by atoms with E-state index in [1.807, 2.05) is 6.07 Å². The van der Waals surface area contributed by atoms with Crippen LogP contribution in [0.1, 0.15) is 43.7 Å². The first kappa shape index (κ1) is 17.0. The first-order valence-corrected chi connectivity index (χ1v) is 8.51. The van der Waals surface area contributed by atoms with Crippen LogP contribution in [0.4, 0.5) is 0 Å². The number of aliphatic carboxylic acids is 1. The van der Waals surface area contributed by atoms with E-state index in [-0.39, 0.29) is 30.3 Å². The second-order valence-corrected chi connectivity index (χ2v) is 7.48. The van der Waals surface area contributed by atoms with Crippen LogP contribution in [-0.2, 0) is 26.2 Å². The predicted octanol–water partition coefficient (Wildman–Crippen LogP) is 2.28. The van der Waals surface area contributed by atoms with E-state index >= 15 is 0 Å². The van der Waals surface area contributed by atoms with Crippen molar-refractivity contribution in [2.45, 2.75) is 50.0 Å². The zero-order chi connectivity index (χ0) is 17.4. The lowest BCUT2D eigenvalue weighted by atomic mass is 9.78. The average Bonchev–Trinajstić information content (AvgIpc) is 3.22. The fraction of sp³-hybridized carbons (Fsp3) is 0.579. The number of aryl methyl sites for hydroxylation is 1. The van der Waals surface area contributed by atoms with E-state index < -0.39 is 11.5 Å². The van der Waals surface area contributed by atoms with Crippen molar-refractivity contribution in [3.05, 3.63) is 35.4 Å². The Morgan fingerprint density at radius 1 is 1.42 bits per heavy atom. The number of carbonyl (C=O) groups is 2. The quantitative estimate of drug-likeness (QED) is 0.838. The summed E-state index contributed by atoms with van der Waals surface area (Å²) in [6, 6.07) is 8.40. The van der Waals surface area contributed by atoms with Gasteiger partial charge in [0.05, 0.1) is 18.6 Å². The summed E-state index contributed by atoms with van der Waals surface area (Å²) < 4.78 is 5.12. The van der Waals surface area contributed by atoms with Crippen molar-refractivity contribution in [1.82, 2.24) is 5.32 Å². The summed E-state index contributed by atoms with van der Waals surface area (Å²) in [6.07, 6.45) is 3.91. The minimum atomic E-state index is -0.941. The lowest BCUT2D eigenvalue weighted by Gasteiger charge is -2.30. The number of benzene rings is 1. The highest BCUT2D eigenvalue weighted by Crippen LogP contribution is 2.60. The highest BCUT2D eigenvalue weighted by Gasteiger charge is 2.60. The SMILES string of the molecule is COCC(C)(CC(=O)O)NC(=O)C1CC12CCCc1ccccc12. The van der Waals surface area contributed by atoms with Crippen molar-refractivity contribution >= 4 is 11.9 Å². The van der Waals surface area contributed by atoms with Gasteiger partial charge < -0.3 is 15.2 Å². The van der Waals surface area contributed by atoms with Crippen LogP contribution in [-0.4, -0.2) is 36.2 Å². The Morgan fingerprint density at radius 3 is 2.88 bits per heavy atom. The molecule has 1 amide bonds. The Hall–Kier alpha value is -1.88. The zero-order valence-corrected chi connectivity index (χ0v) is 14.3. The molecule has 3 atom stereocenters. The molecule has 5 heteroatoms.